The number of hydrogen-bond acceptors (Lipinski definition) is 6. The Bertz CT molecular complexity index is 1100. The molecule has 0 aliphatic carbocycles. The van der Waals surface area contributed by atoms with Crippen LogP contribution in [0.25, 0.3) is 11.3 Å². The lowest BCUT2D eigenvalue weighted by Gasteiger charge is -2.25. The molecule has 0 N–H and O–H groups in total. The van der Waals surface area contributed by atoms with Crippen LogP contribution in [0, 0.1) is 0 Å². The average Bonchev–Trinajstić information content (AvgIpc) is 3.28. The van der Waals surface area contributed by atoms with Gasteiger partial charge in [0.25, 0.3) is 0 Å². The molecule has 30 heavy (non-hydrogen) atoms. The van der Waals surface area contributed by atoms with E-state index in [-0.39, 0.29) is 17.1 Å². The van der Waals surface area contributed by atoms with Gasteiger partial charge in [0.05, 0.1) is 10.5 Å². The van der Waals surface area contributed by atoms with E-state index in [0.29, 0.717) is 24.5 Å². The maximum absolute atomic E-state index is 12.7. The average molecular weight is 426 g/mol. The summed E-state index contributed by atoms with van der Waals surface area (Å²) in [6.45, 7) is 1.03. The highest BCUT2D eigenvalue weighted by atomic mass is 32.2. The molecule has 0 radical (unpaired) electrons. The molecule has 0 saturated carbocycles. The first-order valence-corrected chi connectivity index (χ1v) is 11.3. The van der Waals surface area contributed by atoms with Crippen molar-refractivity contribution in [3.63, 3.8) is 0 Å². The zero-order valence-electron chi connectivity index (χ0n) is 16.4. The fourth-order valence-corrected chi connectivity index (χ4v) is 4.88. The Morgan fingerprint density at radius 3 is 2.40 bits per heavy atom. The smallest absolute Gasteiger partial charge is 0.338 e. The first-order chi connectivity index (χ1) is 14.5. The van der Waals surface area contributed by atoms with E-state index in [0.717, 1.165) is 24.8 Å². The van der Waals surface area contributed by atoms with Gasteiger partial charge in [-0.15, -0.1) is 0 Å². The fraction of sp³-hybridized carbons (Fsp3) is 0.273. The molecule has 4 rings (SSSR count). The summed E-state index contributed by atoms with van der Waals surface area (Å²) in [6, 6.07) is 17.1. The van der Waals surface area contributed by atoms with Gasteiger partial charge in [-0.3, -0.25) is 0 Å². The SMILES string of the molecule is O=C(OCc1cc(-c2ccccc2)on1)c1ccc(S(=O)(=O)N2CCCCC2)cc1. The van der Waals surface area contributed by atoms with Gasteiger partial charge in [0.1, 0.15) is 12.3 Å². The predicted molar refractivity (Wildman–Crippen MR) is 110 cm³/mol. The number of carbonyl (C=O) groups excluding carboxylic acids is 1. The summed E-state index contributed by atoms with van der Waals surface area (Å²) in [5, 5.41) is 3.92. The third kappa shape index (κ3) is 4.44. The molecule has 1 saturated heterocycles. The summed E-state index contributed by atoms with van der Waals surface area (Å²) in [5.41, 5.74) is 1.65. The molecular weight excluding hydrogens is 404 g/mol. The Hall–Kier alpha value is -2.97. The van der Waals surface area contributed by atoms with Crippen LogP contribution >= 0.6 is 0 Å². The van der Waals surface area contributed by atoms with Crippen molar-refractivity contribution >= 4 is 16.0 Å². The first kappa shape index (κ1) is 20.3. The Morgan fingerprint density at radius 2 is 1.70 bits per heavy atom. The third-order valence-electron chi connectivity index (χ3n) is 5.01. The van der Waals surface area contributed by atoms with Gasteiger partial charge in [-0.2, -0.15) is 4.31 Å². The second kappa shape index (κ2) is 8.81. The van der Waals surface area contributed by atoms with Gasteiger partial charge >= 0.3 is 5.97 Å². The van der Waals surface area contributed by atoms with E-state index in [9.17, 15) is 13.2 Å². The van der Waals surface area contributed by atoms with Crippen LogP contribution in [0.3, 0.4) is 0 Å². The van der Waals surface area contributed by atoms with Crippen molar-refractivity contribution in [2.75, 3.05) is 13.1 Å². The van der Waals surface area contributed by atoms with Crippen molar-refractivity contribution in [3.8, 4) is 11.3 Å². The quantitative estimate of drug-likeness (QED) is 0.556. The van der Waals surface area contributed by atoms with Crippen molar-refractivity contribution in [1.29, 1.82) is 0 Å². The van der Waals surface area contributed by atoms with E-state index in [2.05, 4.69) is 5.16 Å². The number of nitrogens with zero attached hydrogens (tertiary/aromatic N) is 2. The van der Waals surface area contributed by atoms with E-state index < -0.39 is 16.0 Å². The number of aromatic nitrogens is 1. The molecule has 1 aliphatic rings. The molecule has 3 aromatic rings. The van der Waals surface area contributed by atoms with Crippen LogP contribution in [-0.2, 0) is 21.4 Å². The van der Waals surface area contributed by atoms with Gasteiger partial charge in [0.2, 0.25) is 10.0 Å². The number of ether oxygens (including phenoxy) is 1. The maximum Gasteiger partial charge on any atom is 0.338 e. The summed E-state index contributed by atoms with van der Waals surface area (Å²) < 4.78 is 37.4. The number of esters is 1. The van der Waals surface area contributed by atoms with E-state index in [4.69, 9.17) is 9.26 Å². The zero-order valence-corrected chi connectivity index (χ0v) is 17.2. The number of sulfonamides is 1. The Morgan fingerprint density at radius 1 is 1.00 bits per heavy atom. The van der Waals surface area contributed by atoms with Crippen LogP contribution in [-0.4, -0.2) is 36.9 Å². The van der Waals surface area contributed by atoms with Crippen LogP contribution in [0.15, 0.2) is 70.1 Å². The Kier molecular flexibility index (Phi) is 5.96. The van der Waals surface area contributed by atoms with Gasteiger partial charge in [-0.1, -0.05) is 41.9 Å². The lowest BCUT2D eigenvalue weighted by atomic mass is 10.2. The lowest BCUT2D eigenvalue weighted by molar-refractivity contribution is 0.0464. The summed E-state index contributed by atoms with van der Waals surface area (Å²) in [5.74, 6) is 0.0371. The van der Waals surface area contributed by atoms with E-state index in [1.165, 1.54) is 28.6 Å². The Balaban J connectivity index is 1.38. The van der Waals surface area contributed by atoms with Gasteiger partial charge in [-0.05, 0) is 37.1 Å². The van der Waals surface area contributed by atoms with Crippen LogP contribution in [0.2, 0.25) is 0 Å². The minimum absolute atomic E-state index is 0.0387. The van der Waals surface area contributed by atoms with Gasteiger partial charge in [0, 0.05) is 24.7 Å². The Labute approximate surface area is 175 Å². The lowest BCUT2D eigenvalue weighted by Crippen LogP contribution is -2.35. The molecule has 0 unspecified atom stereocenters. The van der Waals surface area contributed by atoms with Crippen LogP contribution in [0.4, 0.5) is 0 Å². The molecule has 0 atom stereocenters. The van der Waals surface area contributed by atoms with E-state index in [1.807, 2.05) is 30.3 Å². The maximum atomic E-state index is 12.7. The molecule has 7 nitrogen and oxygen atoms in total. The van der Waals surface area contributed by atoms with Gasteiger partial charge < -0.3 is 9.26 Å². The second-order valence-corrected chi connectivity index (χ2v) is 9.05. The van der Waals surface area contributed by atoms with Crippen molar-refractivity contribution in [3.05, 3.63) is 71.9 Å². The van der Waals surface area contributed by atoms with E-state index >= 15 is 0 Å². The highest BCUT2D eigenvalue weighted by Gasteiger charge is 2.26. The monoisotopic (exact) mass is 426 g/mol. The molecule has 2 aromatic carbocycles. The summed E-state index contributed by atoms with van der Waals surface area (Å²) in [7, 11) is -3.52. The highest BCUT2D eigenvalue weighted by Crippen LogP contribution is 2.22. The topological polar surface area (TPSA) is 89.7 Å². The van der Waals surface area contributed by atoms with Crippen LogP contribution in [0.1, 0.15) is 35.3 Å². The number of piperidine rings is 1. The number of benzene rings is 2. The predicted octanol–water partition coefficient (Wildman–Crippen LogP) is 3.87. The fourth-order valence-electron chi connectivity index (χ4n) is 3.36. The number of carbonyl (C=O) groups is 1. The van der Waals surface area contributed by atoms with Crippen molar-refractivity contribution in [1.82, 2.24) is 9.46 Å². The molecule has 2 heterocycles. The van der Waals surface area contributed by atoms with Crippen LogP contribution in [0.5, 0.6) is 0 Å². The third-order valence-corrected chi connectivity index (χ3v) is 6.92. The highest BCUT2D eigenvalue weighted by molar-refractivity contribution is 7.89. The molecule has 0 bridgehead atoms. The van der Waals surface area contributed by atoms with Crippen LogP contribution < -0.4 is 0 Å². The number of hydrogen-bond donors (Lipinski definition) is 0. The van der Waals surface area contributed by atoms with Crippen molar-refractivity contribution in [2.24, 2.45) is 0 Å². The summed E-state index contributed by atoms with van der Waals surface area (Å²) in [6.07, 6.45) is 2.80. The minimum Gasteiger partial charge on any atom is -0.455 e. The molecule has 1 fully saturated rings. The molecular formula is C22H22N2O5S. The number of rotatable bonds is 6. The molecule has 0 amide bonds. The van der Waals surface area contributed by atoms with Crippen molar-refractivity contribution in [2.45, 2.75) is 30.8 Å². The normalized spacial score (nSPS) is 15.1. The van der Waals surface area contributed by atoms with Gasteiger partial charge in [-0.25, -0.2) is 13.2 Å². The standard InChI is InChI=1S/C22H22N2O5S/c25-22(28-16-19-15-21(29-23-19)17-7-3-1-4-8-17)18-9-11-20(12-10-18)30(26,27)24-13-5-2-6-14-24/h1,3-4,7-12,15H,2,5-6,13-14,16H2. The molecule has 0 spiro atoms. The van der Waals surface area contributed by atoms with Crippen molar-refractivity contribution < 1.29 is 22.5 Å². The second-order valence-electron chi connectivity index (χ2n) is 7.11. The minimum atomic E-state index is -3.52. The first-order valence-electron chi connectivity index (χ1n) is 9.82. The molecule has 156 valence electrons. The van der Waals surface area contributed by atoms with E-state index in [1.54, 1.807) is 6.07 Å². The largest absolute Gasteiger partial charge is 0.455 e. The molecule has 1 aromatic heterocycles. The molecule has 8 heteroatoms. The zero-order chi connectivity index (χ0) is 21.0. The summed E-state index contributed by atoms with van der Waals surface area (Å²) in [4.78, 5) is 12.5. The molecule has 1 aliphatic heterocycles. The summed E-state index contributed by atoms with van der Waals surface area (Å²) >= 11 is 0. The van der Waals surface area contributed by atoms with Gasteiger partial charge in [0.15, 0.2) is 5.76 Å².